The van der Waals surface area contributed by atoms with Crippen LogP contribution in [0.2, 0.25) is 0 Å². The quantitative estimate of drug-likeness (QED) is 0.730. The zero-order chi connectivity index (χ0) is 22.1. The lowest BCUT2D eigenvalue weighted by Gasteiger charge is -2.22. The van der Waals surface area contributed by atoms with Crippen molar-refractivity contribution < 1.29 is 14.3 Å². The molecule has 6 heteroatoms. The van der Waals surface area contributed by atoms with Gasteiger partial charge in [0.2, 0.25) is 5.91 Å². The summed E-state index contributed by atoms with van der Waals surface area (Å²) in [7, 11) is 0. The minimum absolute atomic E-state index is 0.111. The minimum atomic E-state index is -0.493. The number of benzene rings is 2. The molecule has 0 radical (unpaired) electrons. The van der Waals surface area contributed by atoms with Crippen LogP contribution in [0.3, 0.4) is 0 Å². The largest absolute Gasteiger partial charge is 0.445 e. The lowest BCUT2D eigenvalue weighted by Crippen LogP contribution is -2.39. The summed E-state index contributed by atoms with van der Waals surface area (Å²) >= 11 is 0. The Labute approximate surface area is 182 Å². The summed E-state index contributed by atoms with van der Waals surface area (Å²) in [5.41, 5.74) is 2.87. The number of nitrogens with one attached hydrogen (secondary N) is 2. The van der Waals surface area contributed by atoms with Crippen LogP contribution in [0.5, 0.6) is 0 Å². The van der Waals surface area contributed by atoms with Crippen LogP contribution in [0.1, 0.15) is 42.5 Å². The van der Waals surface area contributed by atoms with E-state index in [1.54, 1.807) is 0 Å². The molecule has 3 rings (SSSR count). The van der Waals surface area contributed by atoms with Gasteiger partial charge in [-0.05, 0) is 29.5 Å². The van der Waals surface area contributed by atoms with Gasteiger partial charge in [-0.1, -0.05) is 73.7 Å². The highest BCUT2D eigenvalue weighted by atomic mass is 16.5. The molecule has 0 unspecified atom stereocenters. The van der Waals surface area contributed by atoms with Gasteiger partial charge in [0.1, 0.15) is 6.61 Å². The van der Waals surface area contributed by atoms with Crippen LogP contribution in [0, 0.1) is 17.2 Å². The zero-order valence-electron chi connectivity index (χ0n) is 17.6. The fourth-order valence-corrected chi connectivity index (χ4v) is 3.53. The van der Waals surface area contributed by atoms with E-state index in [1.807, 2.05) is 73.7 Å². The number of alkyl carbamates (subject to hydrolysis) is 1. The molecule has 31 heavy (non-hydrogen) atoms. The third kappa shape index (κ3) is 6.71. The Bertz CT molecular complexity index is 965. The smallest absolute Gasteiger partial charge is 0.407 e. The molecule has 2 amide bonds. The Balaban J connectivity index is 1.77. The van der Waals surface area contributed by atoms with E-state index in [4.69, 9.17) is 10.00 Å². The summed E-state index contributed by atoms with van der Waals surface area (Å²) in [6, 6.07) is 19.0. The van der Waals surface area contributed by atoms with Crippen molar-refractivity contribution in [1.82, 2.24) is 10.6 Å². The predicted octanol–water partition coefficient (Wildman–Crippen LogP) is 4.19. The van der Waals surface area contributed by atoms with Gasteiger partial charge in [-0.25, -0.2) is 4.79 Å². The third-order valence-corrected chi connectivity index (χ3v) is 5.23. The molecule has 160 valence electrons. The van der Waals surface area contributed by atoms with Gasteiger partial charge in [0.25, 0.3) is 0 Å². The van der Waals surface area contributed by atoms with Crippen molar-refractivity contribution in [3.63, 3.8) is 0 Å². The van der Waals surface area contributed by atoms with Crippen LogP contribution < -0.4 is 10.6 Å². The Morgan fingerprint density at radius 1 is 1.23 bits per heavy atom. The molecular formula is C25H27N3O3. The van der Waals surface area contributed by atoms with Crippen LogP contribution in [0.15, 0.2) is 66.7 Å². The van der Waals surface area contributed by atoms with Crippen molar-refractivity contribution in [2.75, 3.05) is 0 Å². The Hall–Kier alpha value is -3.59. The fourth-order valence-electron chi connectivity index (χ4n) is 3.53. The van der Waals surface area contributed by atoms with Crippen molar-refractivity contribution in [3.8, 4) is 6.07 Å². The Morgan fingerprint density at radius 2 is 2.03 bits per heavy atom. The molecule has 6 nitrogen and oxygen atoms in total. The average Bonchev–Trinajstić information content (AvgIpc) is 2.77. The molecule has 0 saturated heterocycles. The van der Waals surface area contributed by atoms with Gasteiger partial charge in [-0.2, -0.15) is 5.26 Å². The molecule has 1 heterocycles. The van der Waals surface area contributed by atoms with Crippen LogP contribution in [-0.2, 0) is 22.6 Å². The highest BCUT2D eigenvalue weighted by Gasteiger charge is 2.20. The van der Waals surface area contributed by atoms with E-state index in [9.17, 15) is 9.59 Å². The molecule has 0 fully saturated rings. The lowest BCUT2D eigenvalue weighted by molar-refractivity contribution is -0.123. The molecule has 0 saturated carbocycles. The van der Waals surface area contributed by atoms with Gasteiger partial charge < -0.3 is 15.4 Å². The molecule has 3 atom stereocenters. The second-order valence-electron chi connectivity index (χ2n) is 7.73. The second-order valence-corrected chi connectivity index (χ2v) is 7.73. The number of rotatable bonds is 4. The number of nitriles is 1. The van der Waals surface area contributed by atoms with Crippen LogP contribution >= 0.6 is 0 Å². The van der Waals surface area contributed by atoms with Crippen LogP contribution in [0.25, 0.3) is 0 Å². The van der Waals surface area contributed by atoms with E-state index in [2.05, 4.69) is 16.7 Å². The highest BCUT2D eigenvalue weighted by Crippen LogP contribution is 2.21. The molecule has 1 aliphatic heterocycles. The van der Waals surface area contributed by atoms with Crippen molar-refractivity contribution >= 4 is 12.0 Å². The van der Waals surface area contributed by atoms with Gasteiger partial charge in [-0.15, -0.1) is 0 Å². The molecule has 0 aromatic heterocycles. The normalized spacial score (nSPS) is 21.0. The van der Waals surface area contributed by atoms with E-state index >= 15 is 0 Å². The summed E-state index contributed by atoms with van der Waals surface area (Å²) in [4.78, 5) is 24.9. The van der Waals surface area contributed by atoms with Gasteiger partial charge in [0.15, 0.2) is 0 Å². The lowest BCUT2D eigenvalue weighted by atomic mass is 9.95. The first kappa shape index (κ1) is 22.1. The fraction of sp³-hybridized carbons (Fsp3) is 0.320. The first-order valence-corrected chi connectivity index (χ1v) is 10.4. The van der Waals surface area contributed by atoms with E-state index in [1.165, 1.54) is 0 Å². The number of amides is 2. The highest BCUT2D eigenvalue weighted by molar-refractivity contribution is 5.80. The Kier molecular flexibility index (Phi) is 7.83. The molecule has 1 aliphatic rings. The molecule has 2 aromatic rings. The third-order valence-electron chi connectivity index (χ3n) is 5.23. The minimum Gasteiger partial charge on any atom is -0.445 e. The van der Waals surface area contributed by atoms with E-state index < -0.39 is 6.09 Å². The topological polar surface area (TPSA) is 91.2 Å². The summed E-state index contributed by atoms with van der Waals surface area (Å²) in [5, 5.41) is 15.0. The first-order chi connectivity index (χ1) is 15.0. The van der Waals surface area contributed by atoms with E-state index in [-0.39, 0.29) is 36.9 Å². The number of fused-ring (bicyclic) bond motifs is 2. The number of ether oxygens (including phenoxy) is 1. The van der Waals surface area contributed by atoms with E-state index in [0.29, 0.717) is 12.8 Å². The standard InChI is InChI=1S/C25H27N3O3/c1-18-7-5-12-23(28-25(30)31-17-19-8-3-2-4-9-19)21-11-6-10-20(15-21)16-22(13-14-26)27-24(18)29/h2-11,15,18,22-23H,12-13,16-17H2,1H3,(H,27,29)(H,28,30)/t18-,22+,23+/m1/s1. The maximum absolute atomic E-state index is 12.5. The number of carbonyl (C=O) groups excluding carboxylic acids is 2. The predicted molar refractivity (Wildman–Crippen MR) is 118 cm³/mol. The monoisotopic (exact) mass is 417 g/mol. The maximum atomic E-state index is 12.5. The molecule has 2 bridgehead atoms. The molecule has 2 aromatic carbocycles. The van der Waals surface area contributed by atoms with Gasteiger partial charge >= 0.3 is 6.09 Å². The summed E-state index contributed by atoms with van der Waals surface area (Å²) in [6.45, 7) is 2.01. The summed E-state index contributed by atoms with van der Waals surface area (Å²) in [5.74, 6) is -0.440. The zero-order valence-corrected chi connectivity index (χ0v) is 17.6. The maximum Gasteiger partial charge on any atom is 0.407 e. The van der Waals surface area contributed by atoms with Crippen LogP contribution in [0.4, 0.5) is 4.79 Å². The number of hydrogen-bond acceptors (Lipinski definition) is 4. The van der Waals surface area contributed by atoms with Gasteiger partial charge in [-0.3, -0.25) is 4.79 Å². The summed E-state index contributed by atoms with van der Waals surface area (Å²) in [6.07, 6.45) is 4.55. The SMILES string of the molecule is C[C@@H]1C=CC[C@H](NC(=O)OCc2ccccc2)c2cccc(c2)C[C@H](CC#N)NC1=O. The number of hydrogen-bond donors (Lipinski definition) is 2. The molecule has 0 aliphatic carbocycles. The van der Waals surface area contributed by atoms with Crippen molar-refractivity contribution in [3.05, 3.63) is 83.4 Å². The Morgan fingerprint density at radius 3 is 2.81 bits per heavy atom. The van der Waals surface area contributed by atoms with E-state index in [0.717, 1.165) is 16.7 Å². The van der Waals surface area contributed by atoms with Crippen molar-refractivity contribution in [1.29, 1.82) is 5.26 Å². The molecular weight excluding hydrogens is 390 g/mol. The molecule has 2 N–H and O–H groups in total. The van der Waals surface area contributed by atoms with Gasteiger partial charge in [0.05, 0.1) is 24.4 Å². The number of carbonyl (C=O) groups is 2. The first-order valence-electron chi connectivity index (χ1n) is 10.4. The van der Waals surface area contributed by atoms with Crippen molar-refractivity contribution in [2.45, 2.75) is 44.9 Å². The van der Waals surface area contributed by atoms with Crippen molar-refractivity contribution in [2.24, 2.45) is 5.92 Å². The molecule has 0 spiro atoms. The summed E-state index contributed by atoms with van der Waals surface area (Å²) < 4.78 is 5.39. The van der Waals surface area contributed by atoms with Crippen LogP contribution in [-0.4, -0.2) is 18.0 Å². The van der Waals surface area contributed by atoms with Gasteiger partial charge in [0, 0.05) is 6.04 Å². The average molecular weight is 418 g/mol. The second kappa shape index (κ2) is 11.0. The number of nitrogens with zero attached hydrogens (tertiary/aromatic N) is 1.